The predicted octanol–water partition coefficient (Wildman–Crippen LogP) is 4.49. The van der Waals surface area contributed by atoms with Gasteiger partial charge < -0.3 is 21.5 Å². The zero-order valence-electron chi connectivity index (χ0n) is 20.4. The first-order valence-electron chi connectivity index (χ1n) is 12.4. The number of carbonyl (C=O) groups is 1. The molecule has 2 atom stereocenters. The van der Waals surface area contributed by atoms with Gasteiger partial charge in [-0.25, -0.2) is 4.98 Å². The van der Waals surface area contributed by atoms with Crippen LogP contribution in [0.5, 0.6) is 0 Å². The molecule has 1 heterocycles. The molecule has 5 N–H and O–H groups in total. The maximum absolute atomic E-state index is 13.1. The van der Waals surface area contributed by atoms with Gasteiger partial charge in [-0.15, -0.1) is 0 Å². The minimum Gasteiger partial charge on any atom is -0.404 e. The summed E-state index contributed by atoms with van der Waals surface area (Å²) in [6.45, 7) is 0.524. The lowest BCUT2D eigenvalue weighted by atomic mass is 9.93. The topological polar surface area (TPSA) is 116 Å². The number of allylic oxidation sites excluding steroid dienone is 3. The standard InChI is InChI=1S/C28H35N5O2/c1-31-16-23(15-29)22-14-24(27(30)32-17-22)28(34)33-25-8-5-9-26(25)35-18-19-10-12-21(13-11-19)20-6-3-2-4-7-20/h6,10-17,25-26H,2-5,7-9,18,29H2,1H3,(H2,30,32)(H,33,34)/b23-15+,31-16?/t25-,26-/m0/s1. The van der Waals surface area contributed by atoms with E-state index in [0.717, 1.165) is 31.2 Å². The van der Waals surface area contributed by atoms with Crippen LogP contribution in [0, 0.1) is 0 Å². The fourth-order valence-electron chi connectivity index (χ4n) is 4.82. The van der Waals surface area contributed by atoms with E-state index in [1.54, 1.807) is 25.5 Å². The van der Waals surface area contributed by atoms with Crippen molar-refractivity contribution in [3.8, 4) is 0 Å². The van der Waals surface area contributed by atoms with Gasteiger partial charge in [-0.3, -0.25) is 9.79 Å². The largest absolute Gasteiger partial charge is 0.404 e. The molecule has 7 nitrogen and oxygen atoms in total. The molecule has 1 fully saturated rings. The van der Waals surface area contributed by atoms with E-state index in [-0.39, 0.29) is 23.9 Å². The zero-order valence-corrected chi connectivity index (χ0v) is 20.4. The summed E-state index contributed by atoms with van der Waals surface area (Å²) in [5.41, 5.74) is 17.3. The number of anilines is 1. The Labute approximate surface area is 207 Å². The molecule has 0 saturated heterocycles. The summed E-state index contributed by atoms with van der Waals surface area (Å²) in [4.78, 5) is 21.3. The van der Waals surface area contributed by atoms with Crippen LogP contribution in [-0.2, 0) is 11.3 Å². The highest BCUT2D eigenvalue weighted by atomic mass is 16.5. The van der Waals surface area contributed by atoms with Crippen molar-refractivity contribution < 1.29 is 9.53 Å². The third-order valence-electron chi connectivity index (χ3n) is 6.79. The Morgan fingerprint density at radius 1 is 1.23 bits per heavy atom. The van der Waals surface area contributed by atoms with Crippen LogP contribution in [0.2, 0.25) is 0 Å². The molecule has 2 aliphatic rings. The molecule has 1 aromatic heterocycles. The van der Waals surface area contributed by atoms with Gasteiger partial charge in [0.05, 0.1) is 24.3 Å². The SMILES string of the molecule is CN=C/C(=C\N)c1cnc(N)c(C(=O)N[C@H]2CCC[C@@H]2OCc2ccc(C3=CCCCC3)cc2)c1. The molecule has 0 radical (unpaired) electrons. The van der Waals surface area contributed by atoms with E-state index in [2.05, 4.69) is 45.6 Å². The number of carbonyl (C=O) groups excluding carboxylic acids is 1. The summed E-state index contributed by atoms with van der Waals surface area (Å²) in [6.07, 6.45) is 14.7. The normalized spacial score (nSPS) is 20.7. The van der Waals surface area contributed by atoms with Gasteiger partial charge in [0.15, 0.2) is 0 Å². The quantitative estimate of drug-likeness (QED) is 0.489. The summed E-state index contributed by atoms with van der Waals surface area (Å²) in [6, 6.07) is 10.3. The maximum atomic E-state index is 13.1. The third kappa shape index (κ3) is 6.17. The number of pyridine rings is 1. The summed E-state index contributed by atoms with van der Waals surface area (Å²) >= 11 is 0. The lowest BCUT2D eigenvalue weighted by Gasteiger charge is -2.22. The van der Waals surface area contributed by atoms with Crippen molar-refractivity contribution >= 4 is 29.1 Å². The number of amides is 1. The first-order chi connectivity index (χ1) is 17.1. The Morgan fingerprint density at radius 2 is 2.06 bits per heavy atom. The minimum absolute atomic E-state index is 0.0382. The molecule has 2 aromatic rings. The average molecular weight is 474 g/mol. The summed E-state index contributed by atoms with van der Waals surface area (Å²) < 4.78 is 6.25. The smallest absolute Gasteiger partial charge is 0.255 e. The van der Waals surface area contributed by atoms with Crippen LogP contribution in [0.1, 0.15) is 72.0 Å². The van der Waals surface area contributed by atoms with Gasteiger partial charge >= 0.3 is 0 Å². The van der Waals surface area contributed by atoms with Crippen molar-refractivity contribution in [2.75, 3.05) is 12.8 Å². The minimum atomic E-state index is -0.257. The van der Waals surface area contributed by atoms with Gasteiger partial charge in [-0.05, 0) is 67.7 Å². The number of aromatic nitrogens is 1. The average Bonchev–Trinajstić information content (AvgIpc) is 3.34. The molecule has 7 heteroatoms. The van der Waals surface area contributed by atoms with Gasteiger partial charge in [0, 0.05) is 36.8 Å². The molecular weight excluding hydrogens is 438 g/mol. The Hall–Kier alpha value is -3.45. The molecule has 4 rings (SSSR count). The fraction of sp³-hybridized carbons (Fsp3) is 0.393. The van der Waals surface area contributed by atoms with E-state index < -0.39 is 0 Å². The van der Waals surface area contributed by atoms with Crippen molar-refractivity contribution in [2.24, 2.45) is 10.7 Å². The van der Waals surface area contributed by atoms with Crippen molar-refractivity contribution in [2.45, 2.75) is 63.7 Å². The van der Waals surface area contributed by atoms with E-state index in [9.17, 15) is 4.79 Å². The van der Waals surface area contributed by atoms with Crippen LogP contribution in [0.15, 0.2) is 53.8 Å². The lowest BCUT2D eigenvalue weighted by Crippen LogP contribution is -2.41. The number of rotatable bonds is 8. The van der Waals surface area contributed by atoms with E-state index in [0.29, 0.717) is 23.3 Å². The molecule has 0 bridgehead atoms. The summed E-state index contributed by atoms with van der Waals surface area (Å²) in [5, 5.41) is 3.11. The third-order valence-corrected chi connectivity index (χ3v) is 6.79. The molecule has 1 saturated carbocycles. The first-order valence-corrected chi connectivity index (χ1v) is 12.4. The van der Waals surface area contributed by atoms with Gasteiger partial charge in [0.1, 0.15) is 5.82 Å². The highest BCUT2D eigenvalue weighted by Crippen LogP contribution is 2.28. The van der Waals surface area contributed by atoms with Gasteiger partial charge in [0.2, 0.25) is 0 Å². The Kier molecular flexibility index (Phi) is 8.32. The number of hydrogen-bond donors (Lipinski definition) is 3. The Balaban J connectivity index is 1.37. The van der Waals surface area contributed by atoms with Crippen molar-refractivity contribution in [1.29, 1.82) is 0 Å². The predicted molar refractivity (Wildman–Crippen MR) is 142 cm³/mol. The number of aliphatic imine (C=N–C) groups is 1. The second-order valence-electron chi connectivity index (χ2n) is 9.20. The molecule has 1 aromatic carbocycles. The van der Waals surface area contributed by atoms with Crippen molar-refractivity contribution in [3.05, 3.63) is 71.1 Å². The van der Waals surface area contributed by atoms with Crippen LogP contribution >= 0.6 is 0 Å². The van der Waals surface area contributed by atoms with Crippen molar-refractivity contribution in [3.63, 3.8) is 0 Å². The Bertz CT molecular complexity index is 1120. The number of ether oxygens (including phenoxy) is 1. The molecule has 2 aliphatic carbocycles. The van der Waals surface area contributed by atoms with E-state index in [1.165, 1.54) is 36.6 Å². The number of nitrogen functional groups attached to an aromatic ring is 1. The van der Waals surface area contributed by atoms with Gasteiger partial charge in [0.25, 0.3) is 5.91 Å². The van der Waals surface area contributed by atoms with Crippen LogP contribution in [0.3, 0.4) is 0 Å². The van der Waals surface area contributed by atoms with Gasteiger partial charge in [-0.2, -0.15) is 0 Å². The van der Waals surface area contributed by atoms with Gasteiger partial charge in [-0.1, -0.05) is 30.3 Å². The maximum Gasteiger partial charge on any atom is 0.255 e. The highest BCUT2D eigenvalue weighted by molar-refractivity contribution is 6.10. The van der Waals surface area contributed by atoms with Crippen LogP contribution in [0.4, 0.5) is 5.82 Å². The second kappa shape index (κ2) is 11.8. The fourth-order valence-corrected chi connectivity index (χ4v) is 4.82. The molecule has 0 unspecified atom stereocenters. The zero-order chi connectivity index (χ0) is 24.6. The molecule has 1 amide bonds. The van der Waals surface area contributed by atoms with E-state index in [4.69, 9.17) is 16.2 Å². The molecule has 0 aliphatic heterocycles. The highest BCUT2D eigenvalue weighted by Gasteiger charge is 2.30. The van der Waals surface area contributed by atoms with E-state index >= 15 is 0 Å². The number of nitrogens with two attached hydrogens (primary N) is 2. The van der Waals surface area contributed by atoms with Crippen molar-refractivity contribution in [1.82, 2.24) is 10.3 Å². The second-order valence-corrected chi connectivity index (χ2v) is 9.20. The van der Waals surface area contributed by atoms with E-state index in [1.807, 2.05) is 0 Å². The first kappa shape index (κ1) is 24.7. The number of nitrogens with one attached hydrogen (secondary N) is 1. The number of hydrogen-bond acceptors (Lipinski definition) is 6. The summed E-state index contributed by atoms with van der Waals surface area (Å²) in [5.74, 6) is -0.0769. The molecular formula is C28H35N5O2. The van der Waals surface area contributed by atoms with Crippen LogP contribution in [0.25, 0.3) is 11.1 Å². The summed E-state index contributed by atoms with van der Waals surface area (Å²) in [7, 11) is 1.66. The monoisotopic (exact) mass is 473 g/mol. The Morgan fingerprint density at radius 3 is 2.77 bits per heavy atom. The molecule has 35 heavy (non-hydrogen) atoms. The van der Waals surface area contributed by atoms with Crippen LogP contribution in [-0.4, -0.2) is 36.3 Å². The lowest BCUT2D eigenvalue weighted by molar-refractivity contribution is 0.0272. The van der Waals surface area contributed by atoms with Crippen LogP contribution < -0.4 is 16.8 Å². The number of benzene rings is 1. The molecule has 0 spiro atoms. The molecule has 184 valence electrons. The number of nitrogens with zero attached hydrogens (tertiary/aromatic N) is 2.